The van der Waals surface area contributed by atoms with Crippen LogP contribution in [0.4, 0.5) is 11.6 Å². The zero-order valence-corrected chi connectivity index (χ0v) is 13.8. The van der Waals surface area contributed by atoms with E-state index in [0.29, 0.717) is 6.54 Å². The highest BCUT2D eigenvalue weighted by Gasteiger charge is 2.25. The predicted octanol–water partition coefficient (Wildman–Crippen LogP) is 2.81. The molecule has 1 aromatic carbocycles. The molecule has 0 bridgehead atoms. The van der Waals surface area contributed by atoms with E-state index in [1.165, 1.54) is 5.56 Å². The molecule has 1 aliphatic rings. The standard InChI is InChI=1S/C16H19BrN4O/c17-14-6-2-1-4-12(14)9-18-15-8-16(20-11-19-15)21-7-3-5-13(21)10-22/h1-2,4,6,8,11,13,22H,3,5,7,9-10H2,(H,18,19,20). The summed E-state index contributed by atoms with van der Waals surface area (Å²) in [5, 5.41) is 12.8. The van der Waals surface area contributed by atoms with Gasteiger partial charge in [0.1, 0.15) is 18.0 Å². The minimum Gasteiger partial charge on any atom is -0.394 e. The van der Waals surface area contributed by atoms with Crippen molar-refractivity contribution in [1.29, 1.82) is 0 Å². The van der Waals surface area contributed by atoms with Gasteiger partial charge in [-0.3, -0.25) is 0 Å². The van der Waals surface area contributed by atoms with Gasteiger partial charge in [0.05, 0.1) is 12.6 Å². The maximum Gasteiger partial charge on any atom is 0.134 e. The van der Waals surface area contributed by atoms with E-state index in [1.807, 2.05) is 24.3 Å². The molecule has 1 fully saturated rings. The monoisotopic (exact) mass is 362 g/mol. The number of rotatable bonds is 5. The van der Waals surface area contributed by atoms with E-state index >= 15 is 0 Å². The molecule has 5 nitrogen and oxygen atoms in total. The van der Waals surface area contributed by atoms with E-state index in [9.17, 15) is 5.11 Å². The minimum absolute atomic E-state index is 0.170. The highest BCUT2D eigenvalue weighted by molar-refractivity contribution is 9.10. The zero-order valence-electron chi connectivity index (χ0n) is 12.2. The quantitative estimate of drug-likeness (QED) is 0.856. The lowest BCUT2D eigenvalue weighted by molar-refractivity contribution is 0.266. The molecule has 22 heavy (non-hydrogen) atoms. The number of nitrogens with zero attached hydrogens (tertiary/aromatic N) is 3. The van der Waals surface area contributed by atoms with Crippen LogP contribution >= 0.6 is 15.9 Å². The summed E-state index contributed by atoms with van der Waals surface area (Å²) in [6.07, 6.45) is 3.68. The van der Waals surface area contributed by atoms with E-state index in [4.69, 9.17) is 0 Å². The molecule has 1 aromatic heterocycles. The second-order valence-corrected chi connectivity index (χ2v) is 6.23. The third-order valence-electron chi connectivity index (χ3n) is 3.95. The van der Waals surface area contributed by atoms with Crippen LogP contribution in [0.1, 0.15) is 18.4 Å². The molecule has 6 heteroatoms. The zero-order chi connectivity index (χ0) is 15.4. The summed E-state index contributed by atoms with van der Waals surface area (Å²) < 4.78 is 1.08. The van der Waals surface area contributed by atoms with Gasteiger partial charge in [0, 0.05) is 23.6 Å². The Labute approximate surface area is 138 Å². The summed E-state index contributed by atoms with van der Waals surface area (Å²) in [7, 11) is 0. The molecule has 2 heterocycles. The van der Waals surface area contributed by atoms with Gasteiger partial charge in [-0.2, -0.15) is 0 Å². The predicted molar refractivity (Wildman–Crippen MR) is 91.0 cm³/mol. The van der Waals surface area contributed by atoms with Crippen molar-refractivity contribution in [3.8, 4) is 0 Å². The van der Waals surface area contributed by atoms with Crippen LogP contribution in [0.15, 0.2) is 41.1 Å². The molecule has 0 aliphatic carbocycles. The number of hydrogen-bond donors (Lipinski definition) is 2. The van der Waals surface area contributed by atoms with Gasteiger partial charge in [0.2, 0.25) is 0 Å². The molecule has 1 atom stereocenters. The Balaban J connectivity index is 1.70. The molecule has 1 unspecified atom stereocenters. The Morgan fingerprint density at radius 2 is 2.18 bits per heavy atom. The van der Waals surface area contributed by atoms with E-state index in [1.54, 1.807) is 6.33 Å². The molecule has 116 valence electrons. The molecule has 2 aromatic rings. The first-order chi connectivity index (χ1) is 10.8. The van der Waals surface area contributed by atoms with Crippen molar-refractivity contribution < 1.29 is 5.11 Å². The summed E-state index contributed by atoms with van der Waals surface area (Å²) in [4.78, 5) is 10.8. The van der Waals surface area contributed by atoms with Gasteiger partial charge < -0.3 is 15.3 Å². The van der Waals surface area contributed by atoms with Crippen LogP contribution in [0.3, 0.4) is 0 Å². The number of hydrogen-bond acceptors (Lipinski definition) is 5. The molecule has 1 aliphatic heterocycles. The lowest BCUT2D eigenvalue weighted by Crippen LogP contribution is -2.32. The summed E-state index contributed by atoms with van der Waals surface area (Å²) >= 11 is 3.55. The number of aromatic nitrogens is 2. The second-order valence-electron chi connectivity index (χ2n) is 5.38. The highest BCUT2D eigenvalue weighted by Crippen LogP contribution is 2.25. The fourth-order valence-corrected chi connectivity index (χ4v) is 3.18. The van der Waals surface area contributed by atoms with E-state index in [0.717, 1.165) is 35.5 Å². The molecular weight excluding hydrogens is 344 g/mol. The molecule has 0 saturated carbocycles. The summed E-state index contributed by atoms with van der Waals surface area (Å²) in [6.45, 7) is 1.80. The summed E-state index contributed by atoms with van der Waals surface area (Å²) in [6, 6.07) is 10.2. The molecule has 2 N–H and O–H groups in total. The third kappa shape index (κ3) is 3.39. The van der Waals surface area contributed by atoms with Crippen molar-refractivity contribution in [2.24, 2.45) is 0 Å². The van der Waals surface area contributed by atoms with Crippen molar-refractivity contribution in [2.45, 2.75) is 25.4 Å². The van der Waals surface area contributed by atoms with Crippen LogP contribution in [0, 0.1) is 0 Å². The van der Waals surface area contributed by atoms with Gasteiger partial charge in [0.15, 0.2) is 0 Å². The van der Waals surface area contributed by atoms with Crippen LogP contribution < -0.4 is 10.2 Å². The number of halogens is 1. The average molecular weight is 363 g/mol. The normalized spacial score (nSPS) is 17.7. The number of nitrogens with one attached hydrogen (secondary N) is 1. The molecule has 0 radical (unpaired) electrons. The Morgan fingerprint density at radius 3 is 3.00 bits per heavy atom. The summed E-state index contributed by atoms with van der Waals surface area (Å²) in [5.74, 6) is 1.67. The topological polar surface area (TPSA) is 61.3 Å². The minimum atomic E-state index is 0.170. The first kappa shape index (κ1) is 15.2. The van der Waals surface area contributed by atoms with Crippen molar-refractivity contribution in [1.82, 2.24) is 9.97 Å². The molecular formula is C16H19BrN4O. The van der Waals surface area contributed by atoms with Gasteiger partial charge in [-0.1, -0.05) is 34.1 Å². The van der Waals surface area contributed by atoms with Crippen LogP contribution in [0.2, 0.25) is 0 Å². The fourth-order valence-electron chi connectivity index (χ4n) is 2.76. The largest absolute Gasteiger partial charge is 0.394 e. The van der Waals surface area contributed by atoms with Gasteiger partial charge in [-0.15, -0.1) is 0 Å². The van der Waals surface area contributed by atoms with E-state index in [-0.39, 0.29) is 12.6 Å². The van der Waals surface area contributed by atoms with E-state index in [2.05, 4.69) is 42.2 Å². The number of aliphatic hydroxyl groups is 1. The fraction of sp³-hybridized carbons (Fsp3) is 0.375. The molecule has 1 saturated heterocycles. The Kier molecular flexibility index (Phi) is 4.90. The first-order valence-electron chi connectivity index (χ1n) is 7.45. The Morgan fingerprint density at radius 1 is 1.32 bits per heavy atom. The Bertz CT molecular complexity index is 637. The number of aliphatic hydroxyl groups excluding tert-OH is 1. The van der Waals surface area contributed by atoms with Crippen molar-refractivity contribution in [3.63, 3.8) is 0 Å². The SMILES string of the molecule is OCC1CCCN1c1cc(NCc2ccccc2Br)ncn1. The second kappa shape index (κ2) is 7.07. The Hall–Kier alpha value is -1.66. The van der Waals surface area contributed by atoms with Crippen molar-refractivity contribution in [2.75, 3.05) is 23.4 Å². The van der Waals surface area contributed by atoms with Crippen LogP contribution in [0.25, 0.3) is 0 Å². The molecule has 3 rings (SSSR count). The summed E-state index contributed by atoms with van der Waals surface area (Å²) in [5.41, 5.74) is 1.18. The van der Waals surface area contributed by atoms with Crippen LogP contribution in [-0.4, -0.2) is 34.3 Å². The highest BCUT2D eigenvalue weighted by atomic mass is 79.9. The lowest BCUT2D eigenvalue weighted by Gasteiger charge is -2.24. The maximum absolute atomic E-state index is 9.44. The third-order valence-corrected chi connectivity index (χ3v) is 4.73. The van der Waals surface area contributed by atoms with Crippen molar-refractivity contribution in [3.05, 3.63) is 46.7 Å². The van der Waals surface area contributed by atoms with Crippen molar-refractivity contribution >= 4 is 27.6 Å². The molecule has 0 amide bonds. The number of benzene rings is 1. The van der Waals surface area contributed by atoms with Gasteiger partial charge in [-0.05, 0) is 24.5 Å². The van der Waals surface area contributed by atoms with Crippen LogP contribution in [-0.2, 0) is 6.54 Å². The van der Waals surface area contributed by atoms with Gasteiger partial charge in [0.25, 0.3) is 0 Å². The smallest absolute Gasteiger partial charge is 0.134 e. The first-order valence-corrected chi connectivity index (χ1v) is 8.24. The maximum atomic E-state index is 9.44. The molecule has 0 spiro atoms. The number of anilines is 2. The van der Waals surface area contributed by atoms with Crippen LogP contribution in [0.5, 0.6) is 0 Å². The lowest BCUT2D eigenvalue weighted by atomic mass is 10.2. The van der Waals surface area contributed by atoms with E-state index < -0.39 is 0 Å². The average Bonchev–Trinajstić information content (AvgIpc) is 3.03. The van der Waals surface area contributed by atoms with Gasteiger partial charge in [-0.25, -0.2) is 9.97 Å². The van der Waals surface area contributed by atoms with Gasteiger partial charge >= 0.3 is 0 Å².